The maximum atomic E-state index is 12.2. The van der Waals surface area contributed by atoms with Crippen LogP contribution in [0.5, 0.6) is 0 Å². The molecule has 0 heterocycles. The van der Waals surface area contributed by atoms with Gasteiger partial charge in [0.25, 0.3) is 10.1 Å². The van der Waals surface area contributed by atoms with E-state index in [2.05, 4.69) is 26.1 Å². The lowest BCUT2D eigenvalue weighted by Gasteiger charge is -2.63. The van der Waals surface area contributed by atoms with E-state index < -0.39 is 28.1 Å². The standard InChI is InChI=1S/C26H45NO7S/c1-15(4-7-23(31)27-10-11-35(32,33)34)18-5-6-19-24-20(14-22(30)26(18,19)3)25(2)9-8-17(28)12-16(25)13-21(24)29/h15-22,24,28-30H,4-14H2,1-3H3,(H,27,31)(H,32,33,34)/t15?,16-,17+,18+,19?,20?,21+,22-,24?,25-,26+/m0/s1. The van der Waals surface area contributed by atoms with E-state index in [1.54, 1.807) is 0 Å². The van der Waals surface area contributed by atoms with Gasteiger partial charge >= 0.3 is 0 Å². The molecule has 5 N–H and O–H groups in total. The summed E-state index contributed by atoms with van der Waals surface area (Å²) in [4.78, 5) is 12.2. The lowest BCUT2D eigenvalue weighted by Crippen LogP contribution is -2.62. The predicted molar refractivity (Wildman–Crippen MR) is 132 cm³/mol. The van der Waals surface area contributed by atoms with Gasteiger partial charge in [0.1, 0.15) is 0 Å². The average Bonchev–Trinajstić information content (AvgIpc) is 3.12. The summed E-state index contributed by atoms with van der Waals surface area (Å²) in [5, 5.41) is 35.8. The van der Waals surface area contributed by atoms with Crippen molar-refractivity contribution in [2.75, 3.05) is 12.3 Å². The quantitative estimate of drug-likeness (QED) is 0.327. The molecule has 0 saturated heterocycles. The largest absolute Gasteiger partial charge is 0.393 e. The van der Waals surface area contributed by atoms with Crippen molar-refractivity contribution in [3.8, 4) is 0 Å². The van der Waals surface area contributed by atoms with Crippen molar-refractivity contribution in [1.82, 2.24) is 5.32 Å². The summed E-state index contributed by atoms with van der Waals surface area (Å²) in [6.07, 6.45) is 5.67. The molecule has 202 valence electrons. The Morgan fingerprint density at radius 3 is 2.46 bits per heavy atom. The first-order valence-corrected chi connectivity index (χ1v) is 15.1. The van der Waals surface area contributed by atoms with E-state index >= 15 is 0 Å². The van der Waals surface area contributed by atoms with Crippen LogP contribution in [0.1, 0.15) is 78.6 Å². The Hall–Kier alpha value is -0.740. The lowest BCUT2D eigenvalue weighted by atomic mass is 9.43. The number of amides is 1. The highest BCUT2D eigenvalue weighted by Crippen LogP contribution is 2.68. The van der Waals surface area contributed by atoms with Gasteiger partial charge in [-0.05, 0) is 97.7 Å². The number of rotatable bonds is 7. The van der Waals surface area contributed by atoms with Crippen LogP contribution in [0, 0.1) is 46.3 Å². The van der Waals surface area contributed by atoms with E-state index in [1.165, 1.54) is 0 Å². The second-order valence-electron chi connectivity index (χ2n) is 12.7. The number of aliphatic hydroxyl groups excluding tert-OH is 3. The molecule has 0 radical (unpaired) electrons. The molecular formula is C26H45NO7S. The van der Waals surface area contributed by atoms with Gasteiger partial charge in [-0.3, -0.25) is 9.35 Å². The molecule has 0 aromatic carbocycles. The average molecular weight is 516 g/mol. The molecule has 35 heavy (non-hydrogen) atoms. The number of carbonyl (C=O) groups excluding carboxylic acids is 1. The maximum absolute atomic E-state index is 12.2. The monoisotopic (exact) mass is 515 g/mol. The number of carbonyl (C=O) groups is 1. The molecule has 0 spiro atoms. The third-order valence-corrected chi connectivity index (χ3v) is 11.7. The molecule has 0 aromatic heterocycles. The zero-order valence-corrected chi connectivity index (χ0v) is 22.2. The molecule has 11 atom stereocenters. The summed E-state index contributed by atoms with van der Waals surface area (Å²) in [5.41, 5.74) is -0.254. The number of hydrogen-bond acceptors (Lipinski definition) is 6. The van der Waals surface area contributed by atoms with Gasteiger partial charge in [-0.2, -0.15) is 8.42 Å². The molecule has 4 rings (SSSR count). The third-order valence-electron chi connectivity index (χ3n) is 11.0. The first kappa shape index (κ1) is 27.3. The van der Waals surface area contributed by atoms with Crippen molar-refractivity contribution in [2.45, 2.75) is 96.9 Å². The Bertz CT molecular complexity index is 896. The van der Waals surface area contributed by atoms with Crippen molar-refractivity contribution in [1.29, 1.82) is 0 Å². The molecular weight excluding hydrogens is 470 g/mol. The molecule has 4 aliphatic carbocycles. The minimum Gasteiger partial charge on any atom is -0.393 e. The smallest absolute Gasteiger partial charge is 0.266 e. The van der Waals surface area contributed by atoms with E-state index in [0.29, 0.717) is 18.8 Å². The molecule has 0 aromatic rings. The SMILES string of the molecule is CC(CCC(=O)NCCS(=O)(=O)O)[C@H]1CCC2C3C(C[C@H](O)[C@@]21C)[C@@]1(C)CC[C@@H](O)C[C@H]1C[C@H]3O. The summed E-state index contributed by atoms with van der Waals surface area (Å²) in [7, 11) is -4.10. The highest BCUT2D eigenvalue weighted by atomic mass is 32.2. The fourth-order valence-corrected chi connectivity index (χ4v) is 9.46. The number of fused-ring (bicyclic) bond motifs is 5. The van der Waals surface area contributed by atoms with E-state index in [9.17, 15) is 28.5 Å². The molecule has 0 bridgehead atoms. The number of aliphatic hydroxyl groups is 3. The first-order valence-electron chi connectivity index (χ1n) is 13.5. The molecule has 0 aliphatic heterocycles. The third kappa shape index (κ3) is 5.05. The molecule has 4 saturated carbocycles. The first-order chi connectivity index (χ1) is 16.3. The van der Waals surface area contributed by atoms with Gasteiger partial charge in [0.15, 0.2) is 0 Å². The van der Waals surface area contributed by atoms with Gasteiger partial charge < -0.3 is 20.6 Å². The molecule has 4 unspecified atom stereocenters. The Kier molecular flexibility index (Phi) is 7.69. The Balaban J connectivity index is 1.43. The van der Waals surface area contributed by atoms with Crippen LogP contribution in [0.2, 0.25) is 0 Å². The van der Waals surface area contributed by atoms with Gasteiger partial charge in [-0.25, -0.2) is 0 Å². The fraction of sp³-hybridized carbons (Fsp3) is 0.962. The van der Waals surface area contributed by atoms with Crippen LogP contribution in [0.25, 0.3) is 0 Å². The van der Waals surface area contributed by atoms with Crippen LogP contribution in [0.15, 0.2) is 0 Å². The van der Waals surface area contributed by atoms with Gasteiger partial charge in [-0.1, -0.05) is 20.8 Å². The van der Waals surface area contributed by atoms with Gasteiger partial charge in [-0.15, -0.1) is 0 Å². The molecule has 8 nitrogen and oxygen atoms in total. The van der Waals surface area contributed by atoms with Gasteiger partial charge in [0.2, 0.25) is 5.91 Å². The summed E-state index contributed by atoms with van der Waals surface area (Å²) in [6.45, 7) is 6.56. The van der Waals surface area contributed by atoms with E-state index in [1.807, 2.05) is 0 Å². The molecule has 4 aliphatic rings. The second kappa shape index (κ2) is 9.86. The minimum atomic E-state index is -4.10. The van der Waals surface area contributed by atoms with E-state index in [0.717, 1.165) is 38.5 Å². The summed E-state index contributed by atoms with van der Waals surface area (Å²) >= 11 is 0. The molecule has 9 heteroatoms. The van der Waals surface area contributed by atoms with Crippen molar-refractivity contribution in [3.63, 3.8) is 0 Å². The zero-order valence-electron chi connectivity index (χ0n) is 21.4. The van der Waals surface area contributed by atoms with Crippen LogP contribution >= 0.6 is 0 Å². The van der Waals surface area contributed by atoms with E-state index in [4.69, 9.17) is 4.55 Å². The van der Waals surface area contributed by atoms with Crippen molar-refractivity contribution in [3.05, 3.63) is 0 Å². The van der Waals surface area contributed by atoms with E-state index in [-0.39, 0.29) is 65.4 Å². The minimum absolute atomic E-state index is 0.0509. The van der Waals surface area contributed by atoms with Crippen molar-refractivity contribution in [2.24, 2.45) is 46.3 Å². The van der Waals surface area contributed by atoms with Crippen LogP contribution in [-0.2, 0) is 14.9 Å². The van der Waals surface area contributed by atoms with Crippen LogP contribution in [-0.4, -0.2) is 64.8 Å². The van der Waals surface area contributed by atoms with Crippen LogP contribution < -0.4 is 5.32 Å². The summed E-state index contributed by atoms with van der Waals surface area (Å²) < 4.78 is 30.5. The fourth-order valence-electron chi connectivity index (χ4n) is 9.10. The maximum Gasteiger partial charge on any atom is 0.266 e. The van der Waals surface area contributed by atoms with Crippen LogP contribution in [0.3, 0.4) is 0 Å². The Morgan fingerprint density at radius 1 is 1.06 bits per heavy atom. The summed E-state index contributed by atoms with van der Waals surface area (Å²) in [5.74, 6) is 0.705. The molecule has 4 fully saturated rings. The topological polar surface area (TPSA) is 144 Å². The summed E-state index contributed by atoms with van der Waals surface area (Å²) in [6, 6.07) is 0. The van der Waals surface area contributed by atoms with Gasteiger partial charge in [0, 0.05) is 13.0 Å². The van der Waals surface area contributed by atoms with Crippen LogP contribution in [0.4, 0.5) is 0 Å². The Labute approximate surface area is 210 Å². The predicted octanol–water partition coefficient (Wildman–Crippen LogP) is 2.37. The zero-order chi connectivity index (χ0) is 25.8. The normalized spacial score (nSPS) is 46.3. The van der Waals surface area contributed by atoms with Crippen molar-refractivity contribution < 1.29 is 33.1 Å². The highest BCUT2D eigenvalue weighted by molar-refractivity contribution is 7.85. The number of nitrogens with one attached hydrogen (secondary N) is 1. The Morgan fingerprint density at radius 2 is 1.77 bits per heavy atom. The highest BCUT2D eigenvalue weighted by Gasteiger charge is 2.65. The number of hydrogen-bond donors (Lipinski definition) is 5. The lowest BCUT2D eigenvalue weighted by molar-refractivity contribution is -0.207. The van der Waals surface area contributed by atoms with Crippen molar-refractivity contribution >= 4 is 16.0 Å². The van der Waals surface area contributed by atoms with Gasteiger partial charge in [0.05, 0.1) is 24.1 Å². The second-order valence-corrected chi connectivity index (χ2v) is 14.2. The molecule has 1 amide bonds.